The summed E-state index contributed by atoms with van der Waals surface area (Å²) in [6.45, 7) is 1.37. The van der Waals surface area contributed by atoms with Crippen molar-refractivity contribution in [2.45, 2.75) is 0 Å². The van der Waals surface area contributed by atoms with E-state index >= 15 is 0 Å². The predicted molar refractivity (Wildman–Crippen MR) is 110 cm³/mol. The van der Waals surface area contributed by atoms with Crippen LogP contribution in [0.2, 0.25) is 0 Å². The Balaban J connectivity index is 1.71. The number of hydrogen-bond donors (Lipinski definition) is 3. The van der Waals surface area contributed by atoms with E-state index in [-0.39, 0.29) is 11.7 Å². The smallest absolute Gasteiger partial charge is 0.251 e. The average Bonchev–Trinajstić information content (AvgIpc) is 2.68. The number of nitrogens with one attached hydrogen (secondary N) is 2. The molecule has 3 rings (SSSR count). The fraction of sp³-hybridized carbons (Fsp3) is 0.190. The van der Waals surface area contributed by atoms with E-state index in [1.165, 1.54) is 0 Å². The molecule has 0 spiro atoms. The lowest BCUT2D eigenvalue weighted by molar-refractivity contribution is 0.0951. The highest BCUT2D eigenvalue weighted by molar-refractivity contribution is 5.95. The first-order valence-electron chi connectivity index (χ1n) is 8.93. The van der Waals surface area contributed by atoms with Gasteiger partial charge in [0.25, 0.3) is 5.91 Å². The molecule has 1 heterocycles. The Morgan fingerprint density at radius 2 is 1.89 bits per heavy atom. The molecule has 28 heavy (non-hydrogen) atoms. The average molecular weight is 377 g/mol. The second-order valence-corrected chi connectivity index (χ2v) is 6.60. The van der Waals surface area contributed by atoms with Crippen molar-refractivity contribution in [1.82, 2.24) is 20.2 Å². The maximum absolute atomic E-state index is 12.3. The first kappa shape index (κ1) is 19.3. The molecule has 0 unspecified atom stereocenters. The summed E-state index contributed by atoms with van der Waals surface area (Å²) in [6.07, 6.45) is 3.28. The summed E-state index contributed by atoms with van der Waals surface area (Å²) in [5, 5.41) is 15.5. The number of hydrogen-bond acceptors (Lipinski definition) is 6. The summed E-state index contributed by atoms with van der Waals surface area (Å²) in [6, 6.07) is 14.0. The number of rotatable bonds is 7. The zero-order chi connectivity index (χ0) is 19.9. The Bertz CT molecular complexity index is 942. The largest absolute Gasteiger partial charge is 0.508 e. The Morgan fingerprint density at radius 3 is 2.64 bits per heavy atom. The topological polar surface area (TPSA) is 90.4 Å². The molecule has 1 aromatic heterocycles. The van der Waals surface area contributed by atoms with Crippen LogP contribution in [0, 0.1) is 0 Å². The molecule has 0 radical (unpaired) electrons. The number of benzene rings is 2. The molecule has 0 saturated heterocycles. The lowest BCUT2D eigenvalue weighted by atomic mass is 10.1. The molecule has 1 amide bonds. The number of carbonyl (C=O) groups is 1. The molecule has 0 bridgehead atoms. The molecule has 2 aromatic carbocycles. The highest BCUT2D eigenvalue weighted by atomic mass is 16.3. The van der Waals surface area contributed by atoms with Gasteiger partial charge < -0.3 is 20.6 Å². The van der Waals surface area contributed by atoms with Gasteiger partial charge in [-0.2, -0.15) is 0 Å². The van der Waals surface area contributed by atoms with Crippen LogP contribution in [0.25, 0.3) is 11.3 Å². The van der Waals surface area contributed by atoms with Crippen LogP contribution in [0.5, 0.6) is 5.75 Å². The maximum atomic E-state index is 12.3. The van der Waals surface area contributed by atoms with Gasteiger partial charge >= 0.3 is 0 Å². The summed E-state index contributed by atoms with van der Waals surface area (Å²) in [5.41, 5.74) is 2.86. The number of anilines is 2. The van der Waals surface area contributed by atoms with Crippen molar-refractivity contribution < 1.29 is 9.90 Å². The van der Waals surface area contributed by atoms with E-state index < -0.39 is 0 Å². The predicted octanol–water partition coefficient (Wildman–Crippen LogP) is 2.88. The number of likely N-dealkylation sites (N-methyl/N-ethyl adjacent to an activating group) is 1. The van der Waals surface area contributed by atoms with E-state index in [4.69, 9.17) is 0 Å². The standard InChI is InChI=1S/C21H23N5O2/c1-26(2)11-10-23-21(28)16-4-3-5-17(12-16)24-20-14-22-13-19(25-20)15-6-8-18(27)9-7-15/h3-9,12-14,27H,10-11H2,1-2H3,(H,23,28)(H,24,25). The van der Waals surface area contributed by atoms with Crippen LogP contribution in [0.4, 0.5) is 11.5 Å². The Morgan fingerprint density at radius 1 is 1.11 bits per heavy atom. The Hall–Kier alpha value is -3.45. The lowest BCUT2D eigenvalue weighted by Crippen LogP contribution is -2.31. The minimum Gasteiger partial charge on any atom is -0.508 e. The molecule has 3 aromatic rings. The van der Waals surface area contributed by atoms with E-state index in [9.17, 15) is 9.90 Å². The molecule has 0 fully saturated rings. The first-order chi connectivity index (χ1) is 13.5. The molecule has 0 aliphatic carbocycles. The van der Waals surface area contributed by atoms with Crippen molar-refractivity contribution in [1.29, 1.82) is 0 Å². The van der Waals surface area contributed by atoms with Gasteiger partial charge in [0.15, 0.2) is 0 Å². The second-order valence-electron chi connectivity index (χ2n) is 6.60. The van der Waals surface area contributed by atoms with Gasteiger partial charge in [0, 0.05) is 29.9 Å². The van der Waals surface area contributed by atoms with Crippen LogP contribution in [0.1, 0.15) is 10.4 Å². The van der Waals surface area contributed by atoms with Gasteiger partial charge in [-0.25, -0.2) is 4.98 Å². The van der Waals surface area contributed by atoms with E-state index in [1.807, 2.05) is 31.1 Å². The van der Waals surface area contributed by atoms with Crippen LogP contribution in [-0.4, -0.2) is 53.1 Å². The van der Waals surface area contributed by atoms with Crippen molar-refractivity contribution in [2.24, 2.45) is 0 Å². The number of aromatic hydroxyl groups is 1. The summed E-state index contributed by atoms with van der Waals surface area (Å²) in [7, 11) is 3.92. The van der Waals surface area contributed by atoms with Gasteiger partial charge in [-0.05, 0) is 56.6 Å². The van der Waals surface area contributed by atoms with Gasteiger partial charge in [-0.3, -0.25) is 9.78 Å². The van der Waals surface area contributed by atoms with Gasteiger partial charge in [0.05, 0.1) is 18.1 Å². The monoisotopic (exact) mass is 377 g/mol. The highest BCUT2D eigenvalue weighted by Gasteiger charge is 2.07. The van der Waals surface area contributed by atoms with Crippen LogP contribution >= 0.6 is 0 Å². The zero-order valence-corrected chi connectivity index (χ0v) is 15.9. The van der Waals surface area contributed by atoms with Crippen molar-refractivity contribution >= 4 is 17.4 Å². The molecule has 7 heteroatoms. The minimum atomic E-state index is -0.116. The van der Waals surface area contributed by atoms with Gasteiger partial charge in [0.2, 0.25) is 0 Å². The van der Waals surface area contributed by atoms with Crippen LogP contribution in [0.15, 0.2) is 60.9 Å². The van der Waals surface area contributed by atoms with Crippen molar-refractivity contribution in [3.63, 3.8) is 0 Å². The molecule has 0 saturated carbocycles. The van der Waals surface area contributed by atoms with Gasteiger partial charge in [-0.1, -0.05) is 6.07 Å². The van der Waals surface area contributed by atoms with E-state index in [0.717, 1.165) is 17.8 Å². The fourth-order valence-corrected chi connectivity index (χ4v) is 2.58. The van der Waals surface area contributed by atoms with Crippen LogP contribution in [0.3, 0.4) is 0 Å². The summed E-state index contributed by atoms with van der Waals surface area (Å²) < 4.78 is 0. The van der Waals surface area contributed by atoms with Gasteiger partial charge in [-0.15, -0.1) is 0 Å². The van der Waals surface area contributed by atoms with E-state index in [1.54, 1.807) is 48.8 Å². The summed E-state index contributed by atoms with van der Waals surface area (Å²) >= 11 is 0. The summed E-state index contributed by atoms with van der Waals surface area (Å²) in [4.78, 5) is 23.1. The van der Waals surface area contributed by atoms with Gasteiger partial charge in [0.1, 0.15) is 11.6 Å². The molecule has 0 aliphatic rings. The molecule has 0 atom stereocenters. The lowest BCUT2D eigenvalue weighted by Gasteiger charge is -2.11. The zero-order valence-electron chi connectivity index (χ0n) is 15.9. The third-order valence-corrected chi connectivity index (χ3v) is 4.04. The van der Waals surface area contributed by atoms with E-state index in [2.05, 4.69) is 20.6 Å². The molecule has 144 valence electrons. The van der Waals surface area contributed by atoms with Crippen LogP contribution in [-0.2, 0) is 0 Å². The number of phenolic OH excluding ortho intramolecular Hbond substituents is 1. The Kier molecular flexibility index (Phi) is 6.18. The number of amides is 1. The molecular formula is C21H23N5O2. The maximum Gasteiger partial charge on any atom is 0.251 e. The van der Waals surface area contributed by atoms with Crippen molar-refractivity contribution in [3.05, 3.63) is 66.5 Å². The van der Waals surface area contributed by atoms with E-state index in [0.29, 0.717) is 23.6 Å². The second kappa shape index (κ2) is 8.96. The first-order valence-corrected chi connectivity index (χ1v) is 8.93. The Labute approximate surface area is 164 Å². The highest BCUT2D eigenvalue weighted by Crippen LogP contribution is 2.22. The number of aromatic nitrogens is 2. The minimum absolute atomic E-state index is 0.116. The quantitative estimate of drug-likeness (QED) is 0.587. The normalized spacial score (nSPS) is 10.7. The summed E-state index contributed by atoms with van der Waals surface area (Å²) in [5.74, 6) is 0.650. The molecule has 3 N–H and O–H groups in total. The van der Waals surface area contributed by atoms with Crippen LogP contribution < -0.4 is 10.6 Å². The number of carbonyl (C=O) groups excluding carboxylic acids is 1. The molecule has 7 nitrogen and oxygen atoms in total. The molecular weight excluding hydrogens is 354 g/mol. The number of nitrogens with zero attached hydrogens (tertiary/aromatic N) is 3. The fourth-order valence-electron chi connectivity index (χ4n) is 2.58. The number of phenols is 1. The van der Waals surface area contributed by atoms with Crippen molar-refractivity contribution in [2.75, 3.05) is 32.5 Å². The van der Waals surface area contributed by atoms with Crippen molar-refractivity contribution in [3.8, 4) is 17.0 Å². The third-order valence-electron chi connectivity index (χ3n) is 4.04. The SMILES string of the molecule is CN(C)CCNC(=O)c1cccc(Nc2cncc(-c3ccc(O)cc3)n2)c1. The third kappa shape index (κ3) is 5.28. The molecule has 0 aliphatic heterocycles.